The number of likely N-dealkylation sites (N-methyl/N-ethyl adjacent to an activating group) is 1. The van der Waals surface area contributed by atoms with Crippen molar-refractivity contribution < 1.29 is 14.3 Å². The number of amides is 2. The average Bonchev–Trinajstić information content (AvgIpc) is 2.66. The molecule has 0 saturated carbocycles. The third-order valence-corrected chi connectivity index (χ3v) is 4.47. The van der Waals surface area contributed by atoms with E-state index in [1.165, 1.54) is 0 Å². The highest BCUT2D eigenvalue weighted by atomic mass is 16.5. The Labute approximate surface area is 149 Å². The van der Waals surface area contributed by atoms with Crippen LogP contribution in [0.25, 0.3) is 0 Å². The summed E-state index contributed by atoms with van der Waals surface area (Å²) in [5.41, 5.74) is 0.442. The lowest BCUT2D eigenvalue weighted by Crippen LogP contribution is -2.51. The Morgan fingerprint density at radius 2 is 2.00 bits per heavy atom. The molecule has 0 spiro atoms. The topological polar surface area (TPSA) is 74.8 Å². The number of piperazine rings is 1. The molecular weight excluding hydrogens is 320 g/mol. The maximum absolute atomic E-state index is 12.3. The van der Waals surface area contributed by atoms with Crippen LogP contribution in [0.4, 0.5) is 0 Å². The van der Waals surface area contributed by atoms with Crippen LogP contribution in [0.3, 0.4) is 0 Å². The number of aromatic nitrogens is 1. The van der Waals surface area contributed by atoms with Crippen molar-refractivity contribution in [1.82, 2.24) is 20.1 Å². The fourth-order valence-corrected chi connectivity index (χ4v) is 2.59. The molecule has 1 N–H and O–H groups in total. The van der Waals surface area contributed by atoms with Crippen LogP contribution in [-0.4, -0.2) is 72.0 Å². The number of nitrogens with zero attached hydrogens (tertiary/aromatic N) is 3. The predicted octanol–water partition coefficient (Wildman–Crippen LogP) is 1.15. The number of carbonyl (C=O) groups is 2. The van der Waals surface area contributed by atoms with Crippen LogP contribution in [0.2, 0.25) is 0 Å². The van der Waals surface area contributed by atoms with Gasteiger partial charge in [0.1, 0.15) is 0 Å². The summed E-state index contributed by atoms with van der Waals surface area (Å²) in [5.74, 6) is 0.0789. The van der Waals surface area contributed by atoms with Gasteiger partial charge in [0.15, 0.2) is 0 Å². The molecule has 0 radical (unpaired) electrons. The van der Waals surface area contributed by atoms with Crippen molar-refractivity contribution in [1.29, 1.82) is 0 Å². The molecular formula is C18H28N4O3. The van der Waals surface area contributed by atoms with Gasteiger partial charge in [0, 0.05) is 44.0 Å². The highest BCUT2D eigenvalue weighted by Crippen LogP contribution is 2.12. The summed E-state index contributed by atoms with van der Waals surface area (Å²) in [6, 6.07) is 3.22. The number of rotatable bonds is 7. The van der Waals surface area contributed by atoms with Crippen molar-refractivity contribution in [3.63, 3.8) is 0 Å². The van der Waals surface area contributed by atoms with Gasteiger partial charge in [-0.25, -0.2) is 4.98 Å². The second-order valence-corrected chi connectivity index (χ2v) is 6.22. The molecule has 0 aliphatic carbocycles. The molecule has 2 heterocycles. The molecule has 1 atom stereocenters. The average molecular weight is 348 g/mol. The molecule has 2 rings (SSSR count). The van der Waals surface area contributed by atoms with Crippen LogP contribution in [-0.2, 0) is 4.79 Å². The first-order chi connectivity index (χ1) is 12.0. The Kier molecular flexibility index (Phi) is 7.18. The third kappa shape index (κ3) is 5.70. The van der Waals surface area contributed by atoms with Gasteiger partial charge in [0.2, 0.25) is 11.8 Å². The Hall–Kier alpha value is -2.15. The summed E-state index contributed by atoms with van der Waals surface area (Å²) in [6.07, 6.45) is 2.44. The minimum atomic E-state index is -0.294. The van der Waals surface area contributed by atoms with E-state index in [9.17, 15) is 9.59 Å². The maximum atomic E-state index is 12.3. The van der Waals surface area contributed by atoms with Crippen molar-refractivity contribution in [2.45, 2.75) is 33.3 Å². The molecule has 1 fully saturated rings. The Bertz CT molecular complexity index is 585. The summed E-state index contributed by atoms with van der Waals surface area (Å²) in [5, 5.41) is 2.69. The molecule has 0 bridgehead atoms. The lowest BCUT2D eigenvalue weighted by molar-refractivity contribution is -0.131. The summed E-state index contributed by atoms with van der Waals surface area (Å²) < 4.78 is 5.62. The fourth-order valence-electron chi connectivity index (χ4n) is 2.59. The highest BCUT2D eigenvalue weighted by molar-refractivity contribution is 5.96. The number of nitrogens with one attached hydrogen (secondary N) is 1. The monoisotopic (exact) mass is 348 g/mol. The molecule has 1 saturated heterocycles. The van der Waals surface area contributed by atoms with E-state index in [-0.39, 0.29) is 24.5 Å². The van der Waals surface area contributed by atoms with Gasteiger partial charge in [-0.1, -0.05) is 13.8 Å². The second kappa shape index (κ2) is 9.36. The lowest BCUT2D eigenvalue weighted by atomic mass is 10.2. The SMILES string of the molecule is CCC(C)Oc1cc(C(=O)NCC(=O)N2CCN(CC)CC2)ccn1. The first-order valence-electron chi connectivity index (χ1n) is 8.94. The lowest BCUT2D eigenvalue weighted by Gasteiger charge is -2.34. The van der Waals surface area contributed by atoms with Crippen LogP contribution in [0, 0.1) is 0 Å². The van der Waals surface area contributed by atoms with Crippen LogP contribution in [0.15, 0.2) is 18.3 Å². The van der Waals surface area contributed by atoms with Crippen molar-refractivity contribution >= 4 is 11.8 Å². The van der Waals surface area contributed by atoms with E-state index in [2.05, 4.69) is 22.1 Å². The Morgan fingerprint density at radius 3 is 2.64 bits per heavy atom. The van der Waals surface area contributed by atoms with Gasteiger partial charge in [0.25, 0.3) is 5.91 Å². The third-order valence-electron chi connectivity index (χ3n) is 4.47. The summed E-state index contributed by atoms with van der Waals surface area (Å²) in [7, 11) is 0. The van der Waals surface area contributed by atoms with E-state index in [1.807, 2.05) is 13.8 Å². The number of ether oxygens (including phenoxy) is 1. The molecule has 7 nitrogen and oxygen atoms in total. The number of hydrogen-bond donors (Lipinski definition) is 1. The van der Waals surface area contributed by atoms with Gasteiger partial charge in [-0.2, -0.15) is 0 Å². The zero-order chi connectivity index (χ0) is 18.2. The minimum absolute atomic E-state index is 0.00876. The molecule has 7 heteroatoms. The number of pyridine rings is 1. The van der Waals surface area contributed by atoms with Crippen molar-refractivity contribution in [3.05, 3.63) is 23.9 Å². The first kappa shape index (κ1) is 19.2. The second-order valence-electron chi connectivity index (χ2n) is 6.22. The summed E-state index contributed by atoms with van der Waals surface area (Å²) in [6.45, 7) is 10.3. The Balaban J connectivity index is 1.83. The van der Waals surface area contributed by atoms with Crippen molar-refractivity contribution in [2.24, 2.45) is 0 Å². The quantitative estimate of drug-likeness (QED) is 0.800. The fraction of sp³-hybridized carbons (Fsp3) is 0.611. The van der Waals surface area contributed by atoms with Crippen LogP contribution < -0.4 is 10.1 Å². The van der Waals surface area contributed by atoms with Gasteiger partial charge in [-0.15, -0.1) is 0 Å². The van der Waals surface area contributed by atoms with E-state index in [1.54, 1.807) is 23.2 Å². The van der Waals surface area contributed by atoms with E-state index >= 15 is 0 Å². The highest BCUT2D eigenvalue weighted by Gasteiger charge is 2.20. The first-order valence-corrected chi connectivity index (χ1v) is 8.94. The van der Waals surface area contributed by atoms with Gasteiger partial charge < -0.3 is 19.9 Å². The van der Waals surface area contributed by atoms with Gasteiger partial charge >= 0.3 is 0 Å². The van der Waals surface area contributed by atoms with Crippen molar-refractivity contribution in [3.8, 4) is 5.88 Å². The number of hydrogen-bond acceptors (Lipinski definition) is 5. The molecule has 1 aromatic rings. The van der Waals surface area contributed by atoms with Crippen LogP contribution >= 0.6 is 0 Å². The number of carbonyl (C=O) groups excluding carboxylic acids is 2. The molecule has 25 heavy (non-hydrogen) atoms. The molecule has 1 unspecified atom stereocenters. The van der Waals surface area contributed by atoms with Gasteiger partial charge in [-0.05, 0) is 26.0 Å². The molecule has 1 aromatic heterocycles. The van der Waals surface area contributed by atoms with Gasteiger partial charge in [-0.3, -0.25) is 9.59 Å². The van der Waals surface area contributed by atoms with E-state index < -0.39 is 0 Å². The summed E-state index contributed by atoms with van der Waals surface area (Å²) >= 11 is 0. The van der Waals surface area contributed by atoms with Crippen LogP contribution in [0.5, 0.6) is 5.88 Å². The van der Waals surface area contributed by atoms with E-state index in [0.717, 1.165) is 26.1 Å². The predicted molar refractivity (Wildman–Crippen MR) is 95.6 cm³/mol. The molecule has 2 amide bonds. The van der Waals surface area contributed by atoms with Crippen molar-refractivity contribution in [2.75, 3.05) is 39.3 Å². The zero-order valence-corrected chi connectivity index (χ0v) is 15.3. The molecule has 1 aliphatic rings. The smallest absolute Gasteiger partial charge is 0.251 e. The largest absolute Gasteiger partial charge is 0.475 e. The maximum Gasteiger partial charge on any atom is 0.251 e. The van der Waals surface area contributed by atoms with Gasteiger partial charge in [0.05, 0.1) is 12.6 Å². The standard InChI is InChI=1S/C18H28N4O3/c1-4-14(3)25-16-12-15(6-7-19-16)18(24)20-13-17(23)22-10-8-21(5-2)9-11-22/h6-7,12,14H,4-5,8-11,13H2,1-3H3,(H,20,24). The molecule has 1 aliphatic heterocycles. The Morgan fingerprint density at radius 1 is 1.28 bits per heavy atom. The van der Waals surface area contributed by atoms with E-state index in [4.69, 9.17) is 4.74 Å². The molecule has 138 valence electrons. The zero-order valence-electron chi connectivity index (χ0n) is 15.3. The normalized spacial score (nSPS) is 16.4. The molecule has 0 aromatic carbocycles. The van der Waals surface area contributed by atoms with E-state index in [0.29, 0.717) is 24.5 Å². The minimum Gasteiger partial charge on any atom is -0.475 e. The summed E-state index contributed by atoms with van der Waals surface area (Å²) in [4.78, 5) is 32.7. The van der Waals surface area contributed by atoms with Crippen LogP contribution in [0.1, 0.15) is 37.6 Å².